The first kappa shape index (κ1) is 38.9. The quantitative estimate of drug-likeness (QED) is 0.148. The van der Waals surface area contributed by atoms with Gasteiger partial charge in [-0.2, -0.15) is 0 Å². The van der Waals surface area contributed by atoms with Gasteiger partial charge in [0.15, 0.2) is 0 Å². The van der Waals surface area contributed by atoms with Crippen LogP contribution in [0.25, 0.3) is 103 Å². The molecule has 0 aliphatic carbocycles. The molecule has 0 aliphatic heterocycles. The van der Waals surface area contributed by atoms with Gasteiger partial charge < -0.3 is 9.47 Å². The standard InChI is InChI=1S/C64H42N2S/c1-2-12-48-40-51(28-27-43(48)11-1)50-14-9-13-49(39-50)46-25-23-44(24-26-46)45-29-34-53(35-30-45)65(54-36-31-47(32-37-54)52-33-38-64-60(41-52)59-19-5-8-22-63(59)67-64)55-15-10-16-56(42-55)66-61-20-6-3-17-57(61)58-18-4-7-21-62(58)66/h1-42H. The number of thiophene rings is 1. The first-order valence-corrected chi connectivity index (χ1v) is 23.7. The molecule has 0 saturated heterocycles. The SMILES string of the molecule is c1cc(-c2ccc(-c3ccc(N(c4ccc(-c5ccc6sc7ccccc7c6c5)cc4)c4cccc(-n5c6ccccc6c6ccccc65)c4)cc3)cc2)cc(-c2ccc3ccccc3c2)c1. The smallest absolute Gasteiger partial charge is 0.0541 e. The zero-order valence-corrected chi connectivity index (χ0v) is 37.4. The van der Waals surface area contributed by atoms with Crippen molar-refractivity contribution < 1.29 is 0 Å². The number of fused-ring (bicyclic) bond motifs is 7. The summed E-state index contributed by atoms with van der Waals surface area (Å²) in [6.07, 6.45) is 0. The molecular formula is C64H42N2S. The molecule has 13 rings (SSSR count). The minimum atomic E-state index is 1.08. The van der Waals surface area contributed by atoms with Crippen LogP contribution >= 0.6 is 11.3 Å². The molecule has 0 radical (unpaired) electrons. The van der Waals surface area contributed by atoms with Gasteiger partial charge in [-0.15, -0.1) is 11.3 Å². The Labute approximate surface area is 393 Å². The van der Waals surface area contributed by atoms with E-state index < -0.39 is 0 Å². The van der Waals surface area contributed by atoms with Crippen molar-refractivity contribution in [2.24, 2.45) is 0 Å². The molecule has 0 aliphatic rings. The van der Waals surface area contributed by atoms with E-state index in [0.29, 0.717) is 0 Å². The fourth-order valence-electron chi connectivity index (χ4n) is 10.0. The first-order valence-electron chi connectivity index (χ1n) is 22.9. The van der Waals surface area contributed by atoms with E-state index in [1.165, 1.54) is 97.3 Å². The van der Waals surface area contributed by atoms with Crippen LogP contribution < -0.4 is 4.90 Å². The number of hydrogen-bond acceptors (Lipinski definition) is 2. The number of rotatable bonds is 8. The zero-order chi connectivity index (χ0) is 44.3. The Morgan fingerprint density at radius 2 is 0.746 bits per heavy atom. The maximum absolute atomic E-state index is 2.40. The lowest BCUT2D eigenvalue weighted by Crippen LogP contribution is -2.10. The van der Waals surface area contributed by atoms with E-state index in [4.69, 9.17) is 0 Å². The Bertz CT molecular complexity index is 3920. The molecule has 0 amide bonds. The van der Waals surface area contributed by atoms with Gasteiger partial charge >= 0.3 is 0 Å². The molecule has 0 bridgehead atoms. The summed E-state index contributed by atoms with van der Waals surface area (Å²) in [4.78, 5) is 2.38. The molecule has 11 aromatic carbocycles. The van der Waals surface area contributed by atoms with E-state index in [2.05, 4.69) is 264 Å². The highest BCUT2D eigenvalue weighted by atomic mass is 32.1. The van der Waals surface area contributed by atoms with Crippen molar-refractivity contribution in [2.45, 2.75) is 0 Å². The molecule has 0 N–H and O–H groups in total. The van der Waals surface area contributed by atoms with E-state index in [0.717, 1.165) is 22.7 Å². The Morgan fingerprint density at radius 1 is 0.269 bits per heavy atom. The molecule has 0 atom stereocenters. The number of aromatic nitrogens is 1. The number of nitrogens with zero attached hydrogens (tertiary/aromatic N) is 2. The normalized spacial score (nSPS) is 11.6. The largest absolute Gasteiger partial charge is 0.310 e. The zero-order valence-electron chi connectivity index (χ0n) is 36.6. The molecule has 2 heterocycles. The summed E-state index contributed by atoms with van der Waals surface area (Å²) < 4.78 is 5.04. The van der Waals surface area contributed by atoms with Crippen LogP contribution in [-0.2, 0) is 0 Å². The van der Waals surface area contributed by atoms with Crippen LogP contribution in [0, 0.1) is 0 Å². The van der Waals surface area contributed by atoms with E-state index in [-0.39, 0.29) is 0 Å². The van der Waals surface area contributed by atoms with Gasteiger partial charge in [0.25, 0.3) is 0 Å². The first-order chi connectivity index (χ1) is 33.2. The third kappa shape index (κ3) is 6.96. The molecule has 0 saturated carbocycles. The van der Waals surface area contributed by atoms with Crippen LogP contribution in [0.3, 0.4) is 0 Å². The van der Waals surface area contributed by atoms with Gasteiger partial charge in [-0.05, 0) is 140 Å². The van der Waals surface area contributed by atoms with Crippen LogP contribution in [-0.4, -0.2) is 4.57 Å². The van der Waals surface area contributed by atoms with Crippen LogP contribution in [0.4, 0.5) is 17.1 Å². The molecule has 13 aromatic rings. The van der Waals surface area contributed by atoms with E-state index in [9.17, 15) is 0 Å². The number of hydrogen-bond donors (Lipinski definition) is 0. The number of benzene rings is 11. The summed E-state index contributed by atoms with van der Waals surface area (Å²) in [6.45, 7) is 0. The molecule has 2 nitrogen and oxygen atoms in total. The second kappa shape index (κ2) is 16.2. The van der Waals surface area contributed by atoms with Gasteiger partial charge in [0.1, 0.15) is 0 Å². The highest BCUT2D eigenvalue weighted by Crippen LogP contribution is 2.41. The molecule has 2 aromatic heterocycles. The summed E-state index contributed by atoms with van der Waals surface area (Å²) >= 11 is 1.86. The average Bonchev–Trinajstić information content (AvgIpc) is 3.95. The van der Waals surface area contributed by atoms with Crippen molar-refractivity contribution in [1.29, 1.82) is 0 Å². The van der Waals surface area contributed by atoms with Crippen molar-refractivity contribution >= 4 is 81.1 Å². The second-order valence-corrected chi connectivity index (χ2v) is 18.4. The van der Waals surface area contributed by atoms with Crippen molar-refractivity contribution in [3.8, 4) is 50.2 Å². The minimum Gasteiger partial charge on any atom is -0.310 e. The summed E-state index contributed by atoms with van der Waals surface area (Å²) in [5.74, 6) is 0. The number of para-hydroxylation sites is 2. The van der Waals surface area contributed by atoms with Crippen LogP contribution in [0.5, 0.6) is 0 Å². The van der Waals surface area contributed by atoms with Crippen molar-refractivity contribution in [3.63, 3.8) is 0 Å². The molecule has 3 heteroatoms. The van der Waals surface area contributed by atoms with Crippen LogP contribution in [0.1, 0.15) is 0 Å². The Kier molecular flexibility index (Phi) is 9.40. The molecule has 0 fully saturated rings. The minimum absolute atomic E-state index is 1.08. The Hall–Kier alpha value is -8.50. The van der Waals surface area contributed by atoms with Gasteiger partial charge in [0, 0.05) is 53.7 Å². The summed E-state index contributed by atoms with van der Waals surface area (Å²) in [7, 11) is 0. The lowest BCUT2D eigenvalue weighted by Gasteiger charge is -2.26. The van der Waals surface area contributed by atoms with Crippen molar-refractivity contribution in [2.75, 3.05) is 4.90 Å². The monoisotopic (exact) mass is 870 g/mol. The lowest BCUT2D eigenvalue weighted by molar-refractivity contribution is 1.17. The summed E-state index contributed by atoms with van der Waals surface area (Å²) in [6, 6.07) is 93.2. The van der Waals surface area contributed by atoms with Gasteiger partial charge in [0.05, 0.1) is 11.0 Å². The summed E-state index contributed by atoms with van der Waals surface area (Å²) in [5, 5.41) is 7.65. The molecular weight excluding hydrogens is 829 g/mol. The fraction of sp³-hybridized carbons (Fsp3) is 0. The van der Waals surface area contributed by atoms with E-state index >= 15 is 0 Å². The molecule has 314 valence electrons. The molecule has 67 heavy (non-hydrogen) atoms. The third-order valence-electron chi connectivity index (χ3n) is 13.4. The fourth-order valence-corrected chi connectivity index (χ4v) is 11.1. The third-order valence-corrected chi connectivity index (χ3v) is 14.5. The Morgan fingerprint density at radius 3 is 1.43 bits per heavy atom. The van der Waals surface area contributed by atoms with E-state index in [1.54, 1.807) is 0 Å². The topological polar surface area (TPSA) is 8.17 Å². The highest BCUT2D eigenvalue weighted by Gasteiger charge is 2.17. The maximum Gasteiger partial charge on any atom is 0.0541 e. The van der Waals surface area contributed by atoms with E-state index in [1.807, 2.05) is 11.3 Å². The highest BCUT2D eigenvalue weighted by molar-refractivity contribution is 7.25. The second-order valence-electron chi connectivity index (χ2n) is 17.3. The summed E-state index contributed by atoms with van der Waals surface area (Å²) in [5.41, 5.74) is 16.4. The van der Waals surface area contributed by atoms with Gasteiger partial charge in [0.2, 0.25) is 0 Å². The predicted molar refractivity (Wildman–Crippen MR) is 288 cm³/mol. The van der Waals surface area contributed by atoms with Crippen LogP contribution in [0.15, 0.2) is 255 Å². The van der Waals surface area contributed by atoms with Gasteiger partial charge in [-0.25, -0.2) is 0 Å². The Balaban J connectivity index is 0.854. The average molecular weight is 871 g/mol. The van der Waals surface area contributed by atoms with Gasteiger partial charge in [-0.3, -0.25) is 0 Å². The van der Waals surface area contributed by atoms with Crippen molar-refractivity contribution in [3.05, 3.63) is 255 Å². The van der Waals surface area contributed by atoms with Crippen LogP contribution in [0.2, 0.25) is 0 Å². The molecule has 0 spiro atoms. The predicted octanol–water partition coefficient (Wildman–Crippen LogP) is 18.4. The van der Waals surface area contributed by atoms with Gasteiger partial charge in [-0.1, -0.05) is 170 Å². The lowest BCUT2D eigenvalue weighted by atomic mass is 9.96. The maximum atomic E-state index is 2.40. The molecule has 0 unspecified atom stereocenters. The number of anilines is 3. The van der Waals surface area contributed by atoms with Crippen molar-refractivity contribution in [1.82, 2.24) is 4.57 Å².